The van der Waals surface area contributed by atoms with Crippen molar-refractivity contribution in [1.29, 1.82) is 0 Å². The second kappa shape index (κ2) is 4.11. The van der Waals surface area contributed by atoms with Crippen LogP contribution in [0.5, 0.6) is 0 Å². The van der Waals surface area contributed by atoms with E-state index in [2.05, 4.69) is 9.72 Å². The molecule has 0 saturated heterocycles. The van der Waals surface area contributed by atoms with Crippen LogP contribution < -0.4 is 0 Å². The van der Waals surface area contributed by atoms with Crippen molar-refractivity contribution in [2.24, 2.45) is 0 Å². The lowest BCUT2D eigenvalue weighted by molar-refractivity contribution is 0.0596. The Labute approximate surface area is 77.0 Å². The first kappa shape index (κ1) is 9.82. The molecule has 0 aliphatic carbocycles. The Balaban J connectivity index is 3.19. The molecule has 0 bridgehead atoms. The molecule has 0 saturated carbocycles. The van der Waals surface area contributed by atoms with E-state index in [0.717, 1.165) is 6.20 Å². The van der Waals surface area contributed by atoms with Gasteiger partial charge in [-0.25, -0.2) is 9.00 Å². The lowest BCUT2D eigenvalue weighted by Gasteiger charge is -2.01. The first-order valence-corrected chi connectivity index (χ1v) is 4.40. The van der Waals surface area contributed by atoms with Crippen LogP contribution in [0.3, 0.4) is 0 Å². The quantitative estimate of drug-likeness (QED) is 0.555. The Kier molecular flexibility index (Phi) is 3.10. The maximum Gasteiger partial charge on any atom is 0.339 e. The van der Waals surface area contributed by atoms with Crippen molar-refractivity contribution in [2.45, 2.75) is 4.90 Å². The predicted molar refractivity (Wildman–Crippen MR) is 44.6 cm³/mol. The number of esters is 1. The SMILES string of the molecule is COC(=O)c1ccncc1S(=O)O. The highest BCUT2D eigenvalue weighted by Gasteiger charge is 2.14. The summed E-state index contributed by atoms with van der Waals surface area (Å²) >= 11 is -2.23. The van der Waals surface area contributed by atoms with Gasteiger partial charge < -0.3 is 9.29 Å². The van der Waals surface area contributed by atoms with Crippen molar-refractivity contribution >= 4 is 17.0 Å². The van der Waals surface area contributed by atoms with Gasteiger partial charge in [0.2, 0.25) is 0 Å². The lowest BCUT2D eigenvalue weighted by atomic mass is 10.3. The molecule has 0 aliphatic heterocycles. The van der Waals surface area contributed by atoms with Gasteiger partial charge in [-0.2, -0.15) is 0 Å². The number of hydrogen-bond acceptors (Lipinski definition) is 4. The van der Waals surface area contributed by atoms with E-state index in [9.17, 15) is 9.00 Å². The average molecular weight is 201 g/mol. The van der Waals surface area contributed by atoms with E-state index in [1.807, 2.05) is 0 Å². The van der Waals surface area contributed by atoms with Gasteiger partial charge in [-0.15, -0.1) is 0 Å². The summed E-state index contributed by atoms with van der Waals surface area (Å²) in [6.45, 7) is 0. The van der Waals surface area contributed by atoms with Crippen LogP contribution in [0.2, 0.25) is 0 Å². The van der Waals surface area contributed by atoms with Gasteiger partial charge in [-0.1, -0.05) is 0 Å². The molecular formula is C7H7NO4S. The molecule has 1 atom stereocenters. The maximum absolute atomic E-state index is 11.0. The summed E-state index contributed by atoms with van der Waals surface area (Å²) in [4.78, 5) is 14.6. The van der Waals surface area contributed by atoms with E-state index in [4.69, 9.17) is 4.55 Å². The minimum Gasteiger partial charge on any atom is -0.465 e. The van der Waals surface area contributed by atoms with E-state index < -0.39 is 17.0 Å². The van der Waals surface area contributed by atoms with Crippen molar-refractivity contribution in [2.75, 3.05) is 7.11 Å². The van der Waals surface area contributed by atoms with E-state index in [1.165, 1.54) is 19.4 Å². The summed E-state index contributed by atoms with van der Waals surface area (Å²) in [6, 6.07) is 1.33. The molecular weight excluding hydrogens is 194 g/mol. The molecule has 1 heterocycles. The normalized spacial score (nSPS) is 12.2. The molecule has 70 valence electrons. The molecule has 0 fully saturated rings. The van der Waals surface area contributed by atoms with Crippen LogP contribution in [-0.2, 0) is 15.8 Å². The number of pyridine rings is 1. The van der Waals surface area contributed by atoms with Crippen LogP contribution in [0.4, 0.5) is 0 Å². The average Bonchev–Trinajstić information content (AvgIpc) is 2.16. The zero-order valence-corrected chi connectivity index (χ0v) is 7.58. The molecule has 13 heavy (non-hydrogen) atoms. The first-order valence-electron chi connectivity index (χ1n) is 3.30. The van der Waals surface area contributed by atoms with Crippen LogP contribution >= 0.6 is 0 Å². The number of carbonyl (C=O) groups is 1. The van der Waals surface area contributed by atoms with Gasteiger partial charge in [-0.3, -0.25) is 4.98 Å². The van der Waals surface area contributed by atoms with Crippen LogP contribution in [-0.4, -0.2) is 26.8 Å². The van der Waals surface area contributed by atoms with Crippen molar-refractivity contribution < 1.29 is 18.3 Å². The zero-order valence-electron chi connectivity index (χ0n) is 6.76. The molecule has 0 radical (unpaired) electrons. The van der Waals surface area contributed by atoms with Crippen molar-refractivity contribution in [3.8, 4) is 0 Å². The Hall–Kier alpha value is -1.27. The minimum atomic E-state index is -2.23. The zero-order chi connectivity index (χ0) is 9.84. The fourth-order valence-corrected chi connectivity index (χ4v) is 1.29. The predicted octanol–water partition coefficient (Wildman–Crippen LogP) is 0.449. The monoisotopic (exact) mass is 201 g/mol. The smallest absolute Gasteiger partial charge is 0.339 e. The standard InChI is InChI=1S/C7H7NO4S/c1-12-7(9)5-2-3-8-4-6(5)13(10)11/h2-4H,1H3,(H,10,11). The highest BCUT2D eigenvalue weighted by molar-refractivity contribution is 7.79. The van der Waals surface area contributed by atoms with Crippen LogP contribution in [0.15, 0.2) is 23.4 Å². The fraction of sp³-hybridized carbons (Fsp3) is 0.143. The van der Waals surface area contributed by atoms with Crippen LogP contribution in [0.1, 0.15) is 10.4 Å². The van der Waals surface area contributed by atoms with E-state index in [-0.39, 0.29) is 10.5 Å². The van der Waals surface area contributed by atoms with Gasteiger partial charge in [0, 0.05) is 12.4 Å². The van der Waals surface area contributed by atoms with Crippen LogP contribution in [0, 0.1) is 0 Å². The number of ether oxygens (including phenoxy) is 1. The largest absolute Gasteiger partial charge is 0.465 e. The Morgan fingerprint density at radius 2 is 2.38 bits per heavy atom. The number of carbonyl (C=O) groups excluding carboxylic acids is 1. The van der Waals surface area contributed by atoms with Gasteiger partial charge in [-0.05, 0) is 6.07 Å². The summed E-state index contributed by atoms with van der Waals surface area (Å²) in [7, 11) is 1.20. The van der Waals surface area contributed by atoms with E-state index >= 15 is 0 Å². The van der Waals surface area contributed by atoms with Crippen LogP contribution in [0.25, 0.3) is 0 Å². The highest BCUT2D eigenvalue weighted by atomic mass is 32.2. The molecule has 5 nitrogen and oxygen atoms in total. The molecule has 1 rings (SSSR count). The molecule has 0 aromatic carbocycles. The summed E-state index contributed by atoms with van der Waals surface area (Å²) < 4.78 is 23.9. The first-order chi connectivity index (χ1) is 6.16. The summed E-state index contributed by atoms with van der Waals surface area (Å²) in [5.74, 6) is -0.653. The number of nitrogens with zero attached hydrogens (tertiary/aromatic N) is 1. The summed E-state index contributed by atoms with van der Waals surface area (Å²) in [6.07, 6.45) is 2.50. The lowest BCUT2D eigenvalue weighted by Crippen LogP contribution is -2.06. The molecule has 1 aromatic heterocycles. The third-order valence-electron chi connectivity index (χ3n) is 1.38. The maximum atomic E-state index is 11.0. The third-order valence-corrected chi connectivity index (χ3v) is 2.08. The molecule has 6 heteroatoms. The second-order valence-corrected chi connectivity index (χ2v) is 3.05. The number of methoxy groups -OCH3 is 1. The summed E-state index contributed by atoms with van der Waals surface area (Å²) in [5.41, 5.74) is 0.0540. The Morgan fingerprint density at radius 3 is 2.92 bits per heavy atom. The van der Waals surface area contributed by atoms with Crippen molar-refractivity contribution in [3.63, 3.8) is 0 Å². The second-order valence-electron chi connectivity index (χ2n) is 2.11. The third kappa shape index (κ3) is 2.10. The Morgan fingerprint density at radius 1 is 1.69 bits per heavy atom. The minimum absolute atomic E-state index is 0.0469. The Bertz CT molecular complexity index is 352. The van der Waals surface area contributed by atoms with Gasteiger partial charge >= 0.3 is 5.97 Å². The molecule has 1 unspecified atom stereocenters. The molecule has 1 aromatic rings. The number of rotatable bonds is 2. The van der Waals surface area contributed by atoms with E-state index in [0.29, 0.717) is 0 Å². The van der Waals surface area contributed by atoms with Gasteiger partial charge in [0.05, 0.1) is 17.6 Å². The van der Waals surface area contributed by atoms with Crippen molar-refractivity contribution in [3.05, 3.63) is 24.0 Å². The van der Waals surface area contributed by atoms with Gasteiger partial charge in [0.25, 0.3) is 0 Å². The van der Waals surface area contributed by atoms with Crippen molar-refractivity contribution in [1.82, 2.24) is 4.98 Å². The van der Waals surface area contributed by atoms with Gasteiger partial charge in [0.1, 0.15) is 0 Å². The number of hydrogen-bond donors (Lipinski definition) is 1. The molecule has 0 spiro atoms. The van der Waals surface area contributed by atoms with E-state index in [1.54, 1.807) is 0 Å². The van der Waals surface area contributed by atoms with Gasteiger partial charge in [0.15, 0.2) is 11.1 Å². The number of aromatic nitrogens is 1. The highest BCUT2D eigenvalue weighted by Crippen LogP contribution is 2.11. The fourth-order valence-electron chi connectivity index (χ4n) is 0.798. The molecule has 1 N–H and O–H groups in total. The molecule has 0 aliphatic rings. The molecule has 0 amide bonds. The topological polar surface area (TPSA) is 76.5 Å². The summed E-state index contributed by atoms with van der Waals surface area (Å²) in [5, 5.41) is 0.